The normalized spacial score (nSPS) is 20.9. The molecule has 1 unspecified atom stereocenters. The molecular formula is C14H20ClN4O2S2+. The first-order valence-corrected chi connectivity index (χ1v) is 10.2. The minimum absolute atomic E-state index is 0.0506. The third-order valence-corrected chi connectivity index (χ3v) is 6.01. The maximum Gasteiger partial charge on any atom is 0.419 e. The van der Waals surface area contributed by atoms with Gasteiger partial charge in [-0.2, -0.15) is 0 Å². The molecule has 1 aromatic rings. The van der Waals surface area contributed by atoms with Crippen LogP contribution in [0.25, 0.3) is 0 Å². The SMILES string of the molecule is CC=[N+]1C(S(C)(=O)=O)=NC(NCc2sc(C)nc2C)=C(C)C1Cl. The van der Waals surface area contributed by atoms with E-state index in [-0.39, 0.29) is 5.17 Å². The fraction of sp³-hybridized carbons (Fsp3) is 0.500. The molecule has 0 aromatic carbocycles. The molecule has 0 aliphatic carbocycles. The van der Waals surface area contributed by atoms with Gasteiger partial charge in [0.15, 0.2) is 0 Å². The summed E-state index contributed by atoms with van der Waals surface area (Å²) in [6.07, 6.45) is 2.75. The Kier molecular flexibility index (Phi) is 5.27. The van der Waals surface area contributed by atoms with Crippen LogP contribution in [0.3, 0.4) is 0 Å². The van der Waals surface area contributed by atoms with Crippen LogP contribution in [-0.4, -0.2) is 41.1 Å². The Morgan fingerprint density at radius 2 is 2.04 bits per heavy atom. The van der Waals surface area contributed by atoms with E-state index in [9.17, 15) is 8.42 Å². The van der Waals surface area contributed by atoms with E-state index in [0.29, 0.717) is 12.4 Å². The van der Waals surface area contributed by atoms with Gasteiger partial charge in [0.25, 0.3) is 9.84 Å². The van der Waals surface area contributed by atoms with Gasteiger partial charge < -0.3 is 5.32 Å². The third kappa shape index (κ3) is 3.81. The molecule has 1 atom stereocenters. The molecule has 2 heterocycles. The van der Waals surface area contributed by atoms with Crippen molar-refractivity contribution in [2.75, 3.05) is 6.26 Å². The molecule has 1 aliphatic heterocycles. The molecule has 6 nitrogen and oxygen atoms in total. The lowest BCUT2D eigenvalue weighted by Gasteiger charge is -2.18. The van der Waals surface area contributed by atoms with Crippen LogP contribution in [0.15, 0.2) is 16.4 Å². The Morgan fingerprint density at radius 1 is 1.39 bits per heavy atom. The van der Waals surface area contributed by atoms with E-state index in [2.05, 4.69) is 15.3 Å². The maximum absolute atomic E-state index is 12.0. The Hall–Kier alpha value is -1.25. The van der Waals surface area contributed by atoms with Crippen LogP contribution in [-0.2, 0) is 16.4 Å². The number of aryl methyl sites for hydroxylation is 2. The van der Waals surface area contributed by atoms with Gasteiger partial charge in [-0.05, 0) is 32.7 Å². The molecular weight excluding hydrogens is 356 g/mol. The van der Waals surface area contributed by atoms with Crippen molar-refractivity contribution in [3.05, 3.63) is 27.0 Å². The second kappa shape index (κ2) is 6.70. The Morgan fingerprint density at radius 3 is 2.52 bits per heavy atom. The predicted molar refractivity (Wildman–Crippen MR) is 95.0 cm³/mol. The van der Waals surface area contributed by atoms with Gasteiger partial charge in [-0.3, -0.25) is 0 Å². The molecule has 1 aromatic heterocycles. The molecule has 1 N–H and O–H groups in total. The lowest BCUT2D eigenvalue weighted by molar-refractivity contribution is -0.409. The van der Waals surface area contributed by atoms with Crippen molar-refractivity contribution in [3.8, 4) is 0 Å². The van der Waals surface area contributed by atoms with Crippen molar-refractivity contribution < 1.29 is 13.0 Å². The fourth-order valence-corrected chi connectivity index (χ4v) is 4.35. The Balaban J connectivity index is 2.35. The zero-order chi connectivity index (χ0) is 17.4. The van der Waals surface area contributed by atoms with Crippen LogP contribution >= 0.6 is 22.9 Å². The first-order chi connectivity index (χ1) is 10.6. The number of hydrogen-bond donors (Lipinski definition) is 1. The van der Waals surface area contributed by atoms with E-state index in [1.165, 1.54) is 4.58 Å². The van der Waals surface area contributed by atoms with Gasteiger partial charge in [0.05, 0.1) is 35.3 Å². The summed E-state index contributed by atoms with van der Waals surface area (Å²) in [6.45, 7) is 8.00. The number of aromatic nitrogens is 1. The van der Waals surface area contributed by atoms with Gasteiger partial charge in [0.2, 0.25) is 11.3 Å². The third-order valence-electron chi connectivity index (χ3n) is 3.43. The lowest BCUT2D eigenvalue weighted by atomic mass is 10.2. The summed E-state index contributed by atoms with van der Waals surface area (Å²) in [5.41, 5.74) is 1.15. The van der Waals surface area contributed by atoms with E-state index in [4.69, 9.17) is 11.6 Å². The number of rotatable bonds is 3. The monoisotopic (exact) mass is 375 g/mol. The molecule has 2 rings (SSSR count). The Bertz CT molecular complexity index is 822. The van der Waals surface area contributed by atoms with Crippen molar-refractivity contribution in [3.63, 3.8) is 0 Å². The molecule has 1 aliphatic rings. The smallest absolute Gasteiger partial charge is 0.344 e. The summed E-state index contributed by atoms with van der Waals surface area (Å²) in [7, 11) is -3.49. The highest BCUT2D eigenvalue weighted by molar-refractivity contribution is 8.05. The van der Waals surface area contributed by atoms with Gasteiger partial charge in [0, 0.05) is 4.88 Å². The van der Waals surface area contributed by atoms with Crippen LogP contribution in [0.5, 0.6) is 0 Å². The minimum Gasteiger partial charge on any atom is -0.344 e. The summed E-state index contributed by atoms with van der Waals surface area (Å²) in [6, 6.07) is 0. The highest BCUT2D eigenvalue weighted by atomic mass is 35.5. The number of alkyl halides is 1. The predicted octanol–water partition coefficient (Wildman–Crippen LogP) is 2.16. The second-order valence-electron chi connectivity index (χ2n) is 5.29. The molecule has 126 valence electrons. The number of aliphatic imine (C=N–C) groups is 1. The first kappa shape index (κ1) is 18.1. The zero-order valence-corrected chi connectivity index (χ0v) is 16.1. The summed E-state index contributed by atoms with van der Waals surface area (Å²) in [4.78, 5) is 9.75. The van der Waals surface area contributed by atoms with Gasteiger partial charge >= 0.3 is 5.17 Å². The highest BCUT2D eigenvalue weighted by Crippen LogP contribution is 2.23. The van der Waals surface area contributed by atoms with Crippen molar-refractivity contribution in [2.45, 2.75) is 39.7 Å². The largest absolute Gasteiger partial charge is 0.419 e. The van der Waals surface area contributed by atoms with Crippen molar-refractivity contribution in [1.82, 2.24) is 10.3 Å². The number of sulfone groups is 1. The van der Waals surface area contributed by atoms with E-state index in [1.54, 1.807) is 24.5 Å². The van der Waals surface area contributed by atoms with Crippen molar-refractivity contribution in [1.29, 1.82) is 0 Å². The van der Waals surface area contributed by atoms with Gasteiger partial charge in [-0.15, -0.1) is 11.3 Å². The summed E-state index contributed by atoms with van der Waals surface area (Å²) in [5.74, 6) is 0.494. The van der Waals surface area contributed by atoms with E-state index >= 15 is 0 Å². The summed E-state index contributed by atoms with van der Waals surface area (Å²) >= 11 is 7.99. The van der Waals surface area contributed by atoms with Gasteiger partial charge in [0.1, 0.15) is 0 Å². The van der Waals surface area contributed by atoms with Crippen LogP contribution in [0.4, 0.5) is 0 Å². The number of halogens is 1. The second-order valence-corrected chi connectivity index (χ2v) is 8.91. The average molecular weight is 376 g/mol. The highest BCUT2D eigenvalue weighted by Gasteiger charge is 2.38. The lowest BCUT2D eigenvalue weighted by Crippen LogP contribution is -2.39. The van der Waals surface area contributed by atoms with Crippen LogP contribution in [0.2, 0.25) is 0 Å². The number of thiazole rings is 1. The summed E-state index contributed by atoms with van der Waals surface area (Å²) in [5, 5.41) is 4.14. The molecule has 0 bridgehead atoms. The van der Waals surface area contributed by atoms with E-state index < -0.39 is 15.3 Å². The van der Waals surface area contributed by atoms with Crippen LogP contribution in [0.1, 0.15) is 29.4 Å². The van der Waals surface area contributed by atoms with Gasteiger partial charge in [-0.25, -0.2) is 18.0 Å². The molecule has 9 heteroatoms. The first-order valence-electron chi connectivity index (χ1n) is 7.03. The summed E-state index contributed by atoms with van der Waals surface area (Å²) < 4.78 is 25.4. The molecule has 23 heavy (non-hydrogen) atoms. The molecule has 0 radical (unpaired) electrons. The topological polar surface area (TPSA) is 74.4 Å². The number of hydrogen-bond acceptors (Lipinski definition) is 6. The minimum atomic E-state index is -3.49. The van der Waals surface area contributed by atoms with Crippen molar-refractivity contribution >= 4 is 44.2 Å². The number of amidine groups is 1. The van der Waals surface area contributed by atoms with Crippen molar-refractivity contribution in [2.24, 2.45) is 4.99 Å². The molecule has 0 fully saturated rings. The zero-order valence-electron chi connectivity index (χ0n) is 13.7. The van der Waals surface area contributed by atoms with E-state index in [1.807, 2.05) is 20.8 Å². The Labute approximate surface area is 145 Å². The molecule has 0 spiro atoms. The van der Waals surface area contributed by atoms with Crippen LogP contribution < -0.4 is 5.32 Å². The number of nitrogens with one attached hydrogen (secondary N) is 1. The molecule has 0 amide bonds. The fourth-order valence-electron chi connectivity index (χ4n) is 2.26. The molecule has 0 saturated carbocycles. The van der Waals surface area contributed by atoms with E-state index in [0.717, 1.165) is 27.4 Å². The average Bonchev–Trinajstić information content (AvgIpc) is 2.77. The van der Waals surface area contributed by atoms with Gasteiger partial charge in [-0.1, -0.05) is 11.6 Å². The quantitative estimate of drug-likeness (QED) is 0.499. The molecule has 0 saturated heterocycles. The maximum atomic E-state index is 12.0. The number of nitrogens with zero attached hydrogens (tertiary/aromatic N) is 3. The standard InChI is InChI=1S/C14H20ClN4O2S2/c1-6-19-12(15)8(2)13(18-14(19)23(5,20)21)16-7-11-9(3)17-10(4)22-11/h6,12,16H,7H2,1-5H3/q+1. The van der Waals surface area contributed by atoms with Crippen LogP contribution in [0, 0.1) is 13.8 Å².